The third-order valence-corrected chi connectivity index (χ3v) is 2.30. The standard InChI is InChI=1S/C15H22O3/c1-5-6-12-7-9-13(10-8-12)17-14(11-16)18-15(2,3)4/h7-11,14H,5-6H2,1-4H3. The van der Waals surface area contributed by atoms with Gasteiger partial charge in [0, 0.05) is 0 Å². The lowest BCUT2D eigenvalue weighted by atomic mass is 10.1. The van der Waals surface area contributed by atoms with Crippen molar-refractivity contribution in [2.75, 3.05) is 0 Å². The van der Waals surface area contributed by atoms with Crippen LogP contribution in [0.2, 0.25) is 0 Å². The van der Waals surface area contributed by atoms with Crippen LogP contribution < -0.4 is 4.74 Å². The summed E-state index contributed by atoms with van der Waals surface area (Å²) in [5.74, 6) is 0.649. The highest BCUT2D eigenvalue weighted by molar-refractivity contribution is 5.54. The van der Waals surface area contributed by atoms with Gasteiger partial charge in [0.2, 0.25) is 0 Å². The number of aryl methyl sites for hydroxylation is 1. The highest BCUT2D eigenvalue weighted by Gasteiger charge is 2.19. The summed E-state index contributed by atoms with van der Waals surface area (Å²) < 4.78 is 11.0. The summed E-state index contributed by atoms with van der Waals surface area (Å²) >= 11 is 0. The average Bonchev–Trinajstić information content (AvgIpc) is 2.29. The zero-order chi connectivity index (χ0) is 13.6. The molecule has 100 valence electrons. The number of ether oxygens (including phenoxy) is 2. The molecule has 0 fully saturated rings. The van der Waals surface area contributed by atoms with Gasteiger partial charge < -0.3 is 9.47 Å². The molecule has 1 rings (SSSR count). The third kappa shape index (κ3) is 5.32. The zero-order valence-corrected chi connectivity index (χ0v) is 11.6. The van der Waals surface area contributed by atoms with E-state index in [-0.39, 0.29) is 0 Å². The van der Waals surface area contributed by atoms with Crippen LogP contribution in [0.5, 0.6) is 5.75 Å². The topological polar surface area (TPSA) is 35.5 Å². The molecule has 3 heteroatoms. The van der Waals surface area contributed by atoms with Gasteiger partial charge in [-0.15, -0.1) is 0 Å². The molecule has 0 saturated carbocycles. The normalized spacial score (nSPS) is 13.1. The Morgan fingerprint density at radius 2 is 1.83 bits per heavy atom. The molecule has 0 aliphatic rings. The Hall–Kier alpha value is -1.35. The van der Waals surface area contributed by atoms with Crippen molar-refractivity contribution in [3.8, 4) is 5.75 Å². The van der Waals surface area contributed by atoms with Gasteiger partial charge in [0.05, 0.1) is 5.60 Å². The number of benzene rings is 1. The maximum Gasteiger partial charge on any atom is 0.257 e. The molecule has 1 aromatic carbocycles. The van der Waals surface area contributed by atoms with E-state index >= 15 is 0 Å². The van der Waals surface area contributed by atoms with E-state index < -0.39 is 11.9 Å². The lowest BCUT2D eigenvalue weighted by molar-refractivity contribution is -0.161. The van der Waals surface area contributed by atoms with E-state index in [1.54, 1.807) is 0 Å². The molecular formula is C15H22O3. The van der Waals surface area contributed by atoms with Crippen LogP contribution in [0.4, 0.5) is 0 Å². The first-order valence-electron chi connectivity index (χ1n) is 6.33. The van der Waals surface area contributed by atoms with Gasteiger partial charge >= 0.3 is 0 Å². The Morgan fingerprint density at radius 3 is 2.28 bits per heavy atom. The second-order valence-corrected chi connectivity index (χ2v) is 5.25. The number of carbonyl (C=O) groups excluding carboxylic acids is 1. The molecular weight excluding hydrogens is 228 g/mol. The van der Waals surface area contributed by atoms with Crippen LogP contribution in [-0.2, 0) is 16.0 Å². The Kier molecular flexibility index (Phi) is 5.35. The largest absolute Gasteiger partial charge is 0.458 e. The molecule has 0 aromatic heterocycles. The van der Waals surface area contributed by atoms with Gasteiger partial charge in [0.15, 0.2) is 6.29 Å². The fraction of sp³-hybridized carbons (Fsp3) is 0.533. The minimum atomic E-state index is -0.859. The van der Waals surface area contributed by atoms with Crippen molar-refractivity contribution >= 4 is 6.29 Å². The minimum absolute atomic E-state index is 0.409. The van der Waals surface area contributed by atoms with Crippen molar-refractivity contribution in [3.63, 3.8) is 0 Å². The summed E-state index contributed by atoms with van der Waals surface area (Å²) in [6.45, 7) is 7.80. The van der Waals surface area contributed by atoms with Crippen LogP contribution in [0.3, 0.4) is 0 Å². The average molecular weight is 250 g/mol. The van der Waals surface area contributed by atoms with Gasteiger partial charge in [-0.3, -0.25) is 4.79 Å². The summed E-state index contributed by atoms with van der Waals surface area (Å²) in [6.07, 6.45) is 1.98. The van der Waals surface area contributed by atoms with Crippen LogP contribution in [0.25, 0.3) is 0 Å². The highest BCUT2D eigenvalue weighted by atomic mass is 16.7. The molecule has 0 aliphatic heterocycles. The van der Waals surface area contributed by atoms with Crippen LogP contribution in [0.15, 0.2) is 24.3 Å². The lowest BCUT2D eigenvalue weighted by Gasteiger charge is -2.24. The number of aldehydes is 1. The SMILES string of the molecule is CCCc1ccc(OC(C=O)OC(C)(C)C)cc1. The van der Waals surface area contributed by atoms with Crippen molar-refractivity contribution in [1.29, 1.82) is 0 Å². The van der Waals surface area contributed by atoms with E-state index in [1.165, 1.54) is 5.56 Å². The van der Waals surface area contributed by atoms with E-state index in [4.69, 9.17) is 9.47 Å². The first kappa shape index (κ1) is 14.7. The minimum Gasteiger partial charge on any atom is -0.458 e. The van der Waals surface area contributed by atoms with Gasteiger partial charge in [0.1, 0.15) is 5.75 Å². The number of hydrogen-bond acceptors (Lipinski definition) is 3. The Balaban J connectivity index is 2.62. The summed E-state index contributed by atoms with van der Waals surface area (Å²) in [4.78, 5) is 10.9. The first-order valence-corrected chi connectivity index (χ1v) is 6.33. The molecule has 0 heterocycles. The highest BCUT2D eigenvalue weighted by Crippen LogP contribution is 2.17. The third-order valence-electron chi connectivity index (χ3n) is 2.30. The second-order valence-electron chi connectivity index (χ2n) is 5.25. The van der Waals surface area contributed by atoms with Gasteiger partial charge in [-0.1, -0.05) is 25.5 Å². The lowest BCUT2D eigenvalue weighted by Crippen LogP contribution is -2.32. The van der Waals surface area contributed by atoms with Crippen LogP contribution in [0, 0.1) is 0 Å². The summed E-state index contributed by atoms with van der Waals surface area (Å²) in [7, 11) is 0. The predicted molar refractivity (Wildman–Crippen MR) is 71.8 cm³/mol. The Bertz CT molecular complexity index is 362. The van der Waals surface area contributed by atoms with E-state index in [1.807, 2.05) is 45.0 Å². The van der Waals surface area contributed by atoms with E-state index in [0.717, 1.165) is 12.8 Å². The molecule has 0 aliphatic carbocycles. The Morgan fingerprint density at radius 1 is 1.22 bits per heavy atom. The molecule has 0 amide bonds. The van der Waals surface area contributed by atoms with Crippen molar-refractivity contribution < 1.29 is 14.3 Å². The maximum atomic E-state index is 10.9. The van der Waals surface area contributed by atoms with Gasteiger partial charge in [-0.25, -0.2) is 0 Å². The van der Waals surface area contributed by atoms with Crippen LogP contribution in [0.1, 0.15) is 39.7 Å². The first-order chi connectivity index (χ1) is 8.44. The van der Waals surface area contributed by atoms with Crippen LogP contribution in [-0.4, -0.2) is 18.2 Å². The summed E-state index contributed by atoms with van der Waals surface area (Å²) in [6, 6.07) is 7.76. The van der Waals surface area contributed by atoms with Gasteiger partial charge in [-0.05, 0) is 44.9 Å². The molecule has 0 N–H and O–H groups in total. The molecule has 0 spiro atoms. The van der Waals surface area contributed by atoms with Crippen molar-refractivity contribution in [2.24, 2.45) is 0 Å². The van der Waals surface area contributed by atoms with Gasteiger partial charge in [0.25, 0.3) is 6.29 Å². The van der Waals surface area contributed by atoms with Crippen molar-refractivity contribution in [2.45, 2.75) is 52.4 Å². The fourth-order valence-electron chi connectivity index (χ4n) is 1.59. The van der Waals surface area contributed by atoms with Crippen LogP contribution >= 0.6 is 0 Å². The quantitative estimate of drug-likeness (QED) is 0.573. The van der Waals surface area contributed by atoms with Crippen molar-refractivity contribution in [1.82, 2.24) is 0 Å². The number of carbonyl (C=O) groups is 1. The monoisotopic (exact) mass is 250 g/mol. The summed E-state index contributed by atoms with van der Waals surface area (Å²) in [5, 5.41) is 0. The summed E-state index contributed by atoms with van der Waals surface area (Å²) in [5.41, 5.74) is 0.859. The molecule has 1 unspecified atom stereocenters. The maximum absolute atomic E-state index is 10.9. The zero-order valence-electron chi connectivity index (χ0n) is 11.6. The molecule has 3 nitrogen and oxygen atoms in total. The predicted octanol–water partition coefficient (Wildman–Crippen LogP) is 3.36. The number of rotatable bonds is 6. The van der Waals surface area contributed by atoms with Gasteiger partial charge in [-0.2, -0.15) is 0 Å². The molecule has 0 radical (unpaired) electrons. The molecule has 18 heavy (non-hydrogen) atoms. The van der Waals surface area contributed by atoms with E-state index in [2.05, 4.69) is 6.92 Å². The Labute approximate surface area is 109 Å². The molecule has 1 atom stereocenters. The molecule has 0 bridgehead atoms. The molecule has 1 aromatic rings. The second kappa shape index (κ2) is 6.55. The molecule has 0 saturated heterocycles. The fourth-order valence-corrected chi connectivity index (χ4v) is 1.59. The van der Waals surface area contributed by atoms with E-state index in [0.29, 0.717) is 12.0 Å². The smallest absolute Gasteiger partial charge is 0.257 e. The van der Waals surface area contributed by atoms with E-state index in [9.17, 15) is 4.79 Å². The van der Waals surface area contributed by atoms with Crippen molar-refractivity contribution in [3.05, 3.63) is 29.8 Å². The number of hydrogen-bond donors (Lipinski definition) is 0.